The lowest BCUT2D eigenvalue weighted by Crippen LogP contribution is -2.50. The maximum atomic E-state index is 11.4. The molecule has 2 aromatic heterocycles. The summed E-state index contributed by atoms with van der Waals surface area (Å²) in [5.74, 6) is 0.262. The third-order valence-corrected chi connectivity index (χ3v) is 5.20. The third kappa shape index (κ3) is 2.08. The molecule has 2 bridgehead atoms. The second-order valence-electron chi connectivity index (χ2n) is 5.95. The number of nitrogen functional groups attached to an aromatic ring is 1. The van der Waals surface area contributed by atoms with Crippen molar-refractivity contribution < 1.29 is 23.7 Å². The Morgan fingerprint density at radius 2 is 2.33 bits per heavy atom. The molecule has 4 heterocycles. The number of nitrogens with two attached hydrogens (primary N) is 1. The Morgan fingerprint density at radius 3 is 3.08 bits per heavy atom. The van der Waals surface area contributed by atoms with Crippen LogP contribution in [0.2, 0.25) is 0 Å². The molecule has 2 aromatic rings. The van der Waals surface area contributed by atoms with Gasteiger partial charge in [0.05, 0.1) is 12.9 Å². The summed E-state index contributed by atoms with van der Waals surface area (Å²) in [5, 5.41) is 10.6. The number of aromatic nitrogens is 4. The SMILES string of the molecule is C[C@H](O[P+](C)=O)[C@@]12CO[C@@H]([C@H](n3cnc4c(N)ncnc43)O1)[C@@H]2O. The molecular weight excluding hydrogens is 337 g/mol. The number of fused-ring (bicyclic) bond motifs is 3. The van der Waals surface area contributed by atoms with Crippen LogP contribution in [0.25, 0.3) is 11.2 Å². The normalized spacial score (nSPS) is 34.0. The number of ether oxygens (including phenoxy) is 2. The Labute approximate surface area is 137 Å². The van der Waals surface area contributed by atoms with E-state index in [-0.39, 0.29) is 12.4 Å². The van der Waals surface area contributed by atoms with Gasteiger partial charge in [-0.3, -0.25) is 4.57 Å². The van der Waals surface area contributed by atoms with Crippen LogP contribution in [0, 0.1) is 0 Å². The van der Waals surface area contributed by atoms with Crippen LogP contribution in [-0.4, -0.2) is 61.8 Å². The van der Waals surface area contributed by atoms with Gasteiger partial charge in [-0.15, -0.1) is 4.52 Å². The first-order chi connectivity index (χ1) is 11.4. The van der Waals surface area contributed by atoms with Gasteiger partial charge in [0.15, 0.2) is 30.0 Å². The number of imidazole rings is 1. The van der Waals surface area contributed by atoms with Crippen molar-refractivity contribution >= 4 is 25.0 Å². The van der Waals surface area contributed by atoms with Gasteiger partial charge in [-0.05, 0) is 11.5 Å². The van der Waals surface area contributed by atoms with Crippen LogP contribution in [0.4, 0.5) is 5.82 Å². The maximum absolute atomic E-state index is 11.4. The van der Waals surface area contributed by atoms with Gasteiger partial charge in [-0.25, -0.2) is 15.0 Å². The summed E-state index contributed by atoms with van der Waals surface area (Å²) in [5.41, 5.74) is 5.65. The van der Waals surface area contributed by atoms with Crippen molar-refractivity contribution in [3.63, 3.8) is 0 Å². The minimum Gasteiger partial charge on any atom is -0.387 e. The molecule has 6 atom stereocenters. The predicted molar refractivity (Wildman–Crippen MR) is 82.4 cm³/mol. The molecule has 0 saturated carbocycles. The number of nitrogens with zero attached hydrogens (tertiary/aromatic N) is 4. The van der Waals surface area contributed by atoms with E-state index in [2.05, 4.69) is 15.0 Å². The van der Waals surface area contributed by atoms with Crippen molar-refractivity contribution in [1.82, 2.24) is 19.5 Å². The van der Waals surface area contributed by atoms with Crippen molar-refractivity contribution in [1.29, 1.82) is 0 Å². The van der Waals surface area contributed by atoms with Crippen molar-refractivity contribution in [3.05, 3.63) is 12.7 Å². The highest BCUT2D eigenvalue weighted by Crippen LogP contribution is 2.49. The molecule has 128 valence electrons. The van der Waals surface area contributed by atoms with Crippen LogP contribution >= 0.6 is 8.03 Å². The van der Waals surface area contributed by atoms with Crippen LogP contribution in [0.5, 0.6) is 0 Å². The molecule has 0 spiro atoms. The van der Waals surface area contributed by atoms with E-state index in [9.17, 15) is 9.67 Å². The molecule has 0 amide bonds. The number of hydrogen-bond donors (Lipinski definition) is 2. The van der Waals surface area contributed by atoms with Gasteiger partial charge in [0.25, 0.3) is 0 Å². The predicted octanol–water partition coefficient (Wildman–Crippen LogP) is 0.213. The van der Waals surface area contributed by atoms with Crippen LogP contribution < -0.4 is 5.73 Å². The molecule has 0 aromatic carbocycles. The fourth-order valence-electron chi connectivity index (χ4n) is 3.35. The minimum atomic E-state index is -1.84. The molecular formula is C13H17N5O5P+. The highest BCUT2D eigenvalue weighted by molar-refractivity contribution is 7.38. The van der Waals surface area contributed by atoms with E-state index < -0.39 is 38.2 Å². The van der Waals surface area contributed by atoms with Gasteiger partial charge in [0, 0.05) is 0 Å². The van der Waals surface area contributed by atoms with Crippen LogP contribution in [0.1, 0.15) is 13.2 Å². The molecule has 3 N–H and O–H groups in total. The van der Waals surface area contributed by atoms with E-state index in [0.717, 1.165) is 0 Å². The average Bonchev–Trinajstić information content (AvgIpc) is 3.18. The smallest absolute Gasteiger partial charge is 0.387 e. The van der Waals surface area contributed by atoms with Crippen LogP contribution in [0.15, 0.2) is 12.7 Å². The molecule has 2 fully saturated rings. The van der Waals surface area contributed by atoms with Crippen molar-refractivity contribution in [3.8, 4) is 0 Å². The van der Waals surface area contributed by atoms with E-state index in [4.69, 9.17) is 19.7 Å². The van der Waals surface area contributed by atoms with Gasteiger partial charge in [0.1, 0.15) is 30.2 Å². The number of aliphatic hydroxyl groups excluding tert-OH is 1. The molecule has 4 rings (SSSR count). The first-order valence-electron chi connectivity index (χ1n) is 7.42. The van der Waals surface area contributed by atoms with Crippen LogP contribution in [-0.2, 0) is 18.6 Å². The van der Waals surface area contributed by atoms with Gasteiger partial charge < -0.3 is 20.3 Å². The monoisotopic (exact) mass is 354 g/mol. The zero-order valence-corrected chi connectivity index (χ0v) is 14.0. The molecule has 2 aliphatic rings. The fourth-order valence-corrected chi connectivity index (χ4v) is 3.98. The Morgan fingerprint density at radius 1 is 1.54 bits per heavy atom. The van der Waals surface area contributed by atoms with E-state index >= 15 is 0 Å². The zero-order valence-electron chi connectivity index (χ0n) is 13.1. The van der Waals surface area contributed by atoms with Gasteiger partial charge >= 0.3 is 8.03 Å². The van der Waals surface area contributed by atoms with Crippen LogP contribution in [0.3, 0.4) is 0 Å². The Hall–Kier alpha value is -1.71. The lowest BCUT2D eigenvalue weighted by molar-refractivity contribution is -0.199. The summed E-state index contributed by atoms with van der Waals surface area (Å²) in [6.07, 6.45) is 0.0724. The summed E-state index contributed by atoms with van der Waals surface area (Å²) in [7, 11) is -1.84. The quantitative estimate of drug-likeness (QED) is 0.739. The Balaban J connectivity index is 1.71. The largest absolute Gasteiger partial charge is 0.505 e. The zero-order chi connectivity index (χ0) is 17.1. The first kappa shape index (κ1) is 15.8. The van der Waals surface area contributed by atoms with Crippen molar-refractivity contribution in [2.45, 2.75) is 37.1 Å². The summed E-state index contributed by atoms with van der Waals surface area (Å²) in [4.78, 5) is 12.3. The Kier molecular flexibility index (Phi) is 3.55. The topological polar surface area (TPSA) is 135 Å². The standard InChI is InChI=1S/C13H17N5O5P/c1-6(23-24(2)20)13-3-21-8(9(13)19)12(22-13)18-5-17-7-10(14)15-4-16-11(7)18/h4-6,8-9,12,19H,3H2,1-2H3,(H2,14,15,16)/q+1/t6-,8+,9-,12+,13+/m0/s1. The molecule has 10 nitrogen and oxygen atoms in total. The van der Waals surface area contributed by atoms with Gasteiger partial charge in [0.2, 0.25) is 0 Å². The second-order valence-corrected chi connectivity index (χ2v) is 7.04. The van der Waals surface area contributed by atoms with E-state index in [0.29, 0.717) is 11.2 Å². The van der Waals surface area contributed by atoms with Crippen molar-refractivity contribution in [2.24, 2.45) is 0 Å². The van der Waals surface area contributed by atoms with Crippen molar-refractivity contribution in [2.75, 3.05) is 19.0 Å². The molecule has 24 heavy (non-hydrogen) atoms. The number of rotatable bonds is 4. The Bertz CT molecular complexity index is 815. The van der Waals surface area contributed by atoms with Gasteiger partial charge in [-0.2, -0.15) is 0 Å². The summed E-state index contributed by atoms with van der Waals surface area (Å²) in [6.45, 7) is 3.32. The second kappa shape index (κ2) is 5.40. The average molecular weight is 354 g/mol. The summed E-state index contributed by atoms with van der Waals surface area (Å²) in [6, 6.07) is 0. The molecule has 2 saturated heterocycles. The third-order valence-electron chi connectivity index (χ3n) is 4.59. The minimum absolute atomic E-state index is 0.156. The summed E-state index contributed by atoms with van der Waals surface area (Å²) >= 11 is 0. The maximum Gasteiger partial charge on any atom is 0.505 e. The van der Waals surface area contributed by atoms with E-state index in [1.807, 2.05) is 0 Å². The highest BCUT2D eigenvalue weighted by Gasteiger charge is 2.66. The highest BCUT2D eigenvalue weighted by atomic mass is 31.1. The number of aliphatic hydroxyl groups is 1. The van der Waals surface area contributed by atoms with E-state index in [1.165, 1.54) is 19.3 Å². The number of hydrogen-bond acceptors (Lipinski definition) is 9. The molecule has 0 aliphatic carbocycles. The summed E-state index contributed by atoms with van der Waals surface area (Å²) < 4.78 is 30.3. The molecule has 2 aliphatic heterocycles. The fraction of sp³-hybridized carbons (Fsp3) is 0.615. The first-order valence-corrected chi connectivity index (χ1v) is 9.04. The molecule has 0 radical (unpaired) electrons. The molecule has 11 heteroatoms. The van der Waals surface area contributed by atoms with E-state index in [1.54, 1.807) is 11.5 Å². The lowest BCUT2D eigenvalue weighted by Gasteiger charge is -2.32. The van der Waals surface area contributed by atoms with Gasteiger partial charge in [-0.1, -0.05) is 0 Å². The lowest BCUT2D eigenvalue weighted by atomic mass is 9.94. The number of anilines is 1. The molecule has 1 unspecified atom stereocenters.